The van der Waals surface area contributed by atoms with E-state index in [4.69, 9.17) is 5.11 Å². The van der Waals surface area contributed by atoms with E-state index in [9.17, 15) is 23.1 Å². The molecule has 2 aromatic rings. The lowest BCUT2D eigenvalue weighted by Gasteiger charge is -2.25. The van der Waals surface area contributed by atoms with E-state index in [-0.39, 0.29) is 12.1 Å². The van der Waals surface area contributed by atoms with Gasteiger partial charge in [0.05, 0.1) is 19.1 Å². The topological polar surface area (TPSA) is 76.6 Å². The first-order chi connectivity index (χ1) is 10.8. The summed E-state index contributed by atoms with van der Waals surface area (Å²) in [5, 5.41) is 19.2. The van der Waals surface area contributed by atoms with Crippen LogP contribution >= 0.6 is 0 Å². The van der Waals surface area contributed by atoms with E-state index in [0.717, 1.165) is 10.3 Å². The summed E-state index contributed by atoms with van der Waals surface area (Å²) in [6, 6.07) is 6.55. The second-order valence-corrected chi connectivity index (χ2v) is 5.23. The zero-order chi connectivity index (χ0) is 17.0. The second kappa shape index (κ2) is 7.01. The van der Waals surface area contributed by atoms with Gasteiger partial charge in [0, 0.05) is 30.4 Å². The van der Waals surface area contributed by atoms with E-state index in [1.54, 1.807) is 24.4 Å². The highest BCUT2D eigenvalue weighted by Crippen LogP contribution is 2.21. The van der Waals surface area contributed by atoms with Gasteiger partial charge < -0.3 is 20.1 Å². The van der Waals surface area contributed by atoms with Crippen LogP contribution in [0, 0.1) is 0 Å². The van der Waals surface area contributed by atoms with Crippen LogP contribution < -0.4 is 0 Å². The van der Waals surface area contributed by atoms with Crippen molar-refractivity contribution < 1.29 is 28.2 Å². The molecule has 2 rings (SSSR count). The summed E-state index contributed by atoms with van der Waals surface area (Å²) in [6.45, 7) is -1.58. The van der Waals surface area contributed by atoms with E-state index in [1.807, 2.05) is 0 Å². The molecule has 0 aliphatic rings. The fourth-order valence-corrected chi connectivity index (χ4v) is 2.21. The summed E-state index contributed by atoms with van der Waals surface area (Å²) in [5.74, 6) is -0.627. The maximum absolute atomic E-state index is 12.4. The maximum atomic E-state index is 12.4. The summed E-state index contributed by atoms with van der Waals surface area (Å²) in [4.78, 5) is 16.3. The number of nitrogens with one attached hydrogen (secondary N) is 1. The van der Waals surface area contributed by atoms with Crippen LogP contribution in [-0.2, 0) is 0 Å². The fourth-order valence-electron chi connectivity index (χ4n) is 2.21. The largest absolute Gasteiger partial charge is 0.394 e. The summed E-state index contributed by atoms with van der Waals surface area (Å²) in [5.41, 5.74) is 0.904. The van der Waals surface area contributed by atoms with Gasteiger partial charge in [0.1, 0.15) is 0 Å². The van der Waals surface area contributed by atoms with Crippen LogP contribution in [-0.4, -0.2) is 58.0 Å². The van der Waals surface area contributed by atoms with E-state index in [1.165, 1.54) is 6.07 Å². The number of amides is 1. The Bertz CT molecular complexity index is 669. The molecule has 1 heterocycles. The molecular formula is C15H17F3N2O3. The monoisotopic (exact) mass is 330 g/mol. The normalized spacial score (nSPS) is 13.3. The molecule has 1 aromatic carbocycles. The molecule has 0 aliphatic carbocycles. The number of carbonyl (C=O) groups excluding carboxylic acids is 1. The van der Waals surface area contributed by atoms with E-state index in [2.05, 4.69) is 4.98 Å². The Balaban J connectivity index is 2.19. The number of aliphatic hydroxyl groups is 2. The summed E-state index contributed by atoms with van der Waals surface area (Å²) in [6.07, 6.45) is -5.19. The first-order valence-electron chi connectivity index (χ1n) is 7.02. The average Bonchev–Trinajstić information content (AvgIpc) is 2.96. The van der Waals surface area contributed by atoms with Crippen molar-refractivity contribution in [3.05, 3.63) is 36.0 Å². The van der Waals surface area contributed by atoms with Gasteiger partial charge in [0.2, 0.25) is 0 Å². The fraction of sp³-hybridized carbons (Fsp3) is 0.400. The lowest BCUT2D eigenvalue weighted by atomic mass is 10.1. The minimum absolute atomic E-state index is 0.215. The first-order valence-corrected chi connectivity index (χ1v) is 7.02. The number of fused-ring (bicyclic) bond motifs is 1. The number of nitrogens with zero attached hydrogens (tertiary/aromatic N) is 1. The standard InChI is InChI=1S/C15H17F3N2O3/c16-15(17,18)4-6-20(8-12(22)9-21)14(23)11-2-1-10-3-5-19-13(10)7-11/h1-3,5,7,12,19,21-22H,4,6,8-9H2/t12-/m0/s1. The van der Waals surface area contributed by atoms with Crippen molar-refractivity contribution >= 4 is 16.8 Å². The zero-order valence-electron chi connectivity index (χ0n) is 12.2. The molecule has 1 aromatic heterocycles. The van der Waals surface area contributed by atoms with Crippen molar-refractivity contribution in [1.29, 1.82) is 0 Å². The molecule has 0 fully saturated rings. The molecule has 8 heteroatoms. The number of alkyl halides is 3. The van der Waals surface area contributed by atoms with Crippen LogP contribution in [0.5, 0.6) is 0 Å². The van der Waals surface area contributed by atoms with Crippen molar-refractivity contribution in [1.82, 2.24) is 9.88 Å². The Kier molecular flexibility index (Phi) is 5.27. The zero-order valence-corrected chi connectivity index (χ0v) is 12.2. The van der Waals surface area contributed by atoms with Gasteiger partial charge in [-0.3, -0.25) is 4.79 Å². The molecule has 1 amide bonds. The van der Waals surface area contributed by atoms with Crippen molar-refractivity contribution in [2.75, 3.05) is 19.7 Å². The number of aromatic nitrogens is 1. The van der Waals surface area contributed by atoms with Crippen molar-refractivity contribution in [2.45, 2.75) is 18.7 Å². The summed E-state index contributed by atoms with van der Waals surface area (Å²) >= 11 is 0. The van der Waals surface area contributed by atoms with Crippen molar-refractivity contribution in [3.8, 4) is 0 Å². The highest BCUT2D eigenvalue weighted by Gasteiger charge is 2.30. The molecule has 0 saturated carbocycles. The number of halogens is 3. The summed E-state index contributed by atoms with van der Waals surface area (Å²) < 4.78 is 37.2. The Morgan fingerprint density at radius 2 is 2.04 bits per heavy atom. The van der Waals surface area contributed by atoms with Gasteiger partial charge in [-0.15, -0.1) is 0 Å². The van der Waals surface area contributed by atoms with Gasteiger partial charge in [0.15, 0.2) is 0 Å². The van der Waals surface area contributed by atoms with Gasteiger partial charge in [-0.1, -0.05) is 6.07 Å². The lowest BCUT2D eigenvalue weighted by molar-refractivity contribution is -0.137. The van der Waals surface area contributed by atoms with E-state index in [0.29, 0.717) is 5.52 Å². The molecule has 23 heavy (non-hydrogen) atoms. The minimum atomic E-state index is -4.41. The molecule has 0 spiro atoms. The van der Waals surface area contributed by atoms with Crippen molar-refractivity contribution in [2.24, 2.45) is 0 Å². The molecule has 3 N–H and O–H groups in total. The number of benzene rings is 1. The Hall–Kier alpha value is -2.06. The number of hydrogen-bond acceptors (Lipinski definition) is 3. The highest BCUT2D eigenvalue weighted by atomic mass is 19.4. The number of aromatic amines is 1. The van der Waals surface area contributed by atoms with E-state index < -0.39 is 37.8 Å². The second-order valence-electron chi connectivity index (χ2n) is 5.23. The van der Waals surface area contributed by atoms with E-state index >= 15 is 0 Å². The Morgan fingerprint density at radius 3 is 2.70 bits per heavy atom. The molecule has 0 saturated heterocycles. The smallest absolute Gasteiger partial charge is 0.390 e. The van der Waals surface area contributed by atoms with Gasteiger partial charge in [-0.25, -0.2) is 0 Å². The quantitative estimate of drug-likeness (QED) is 0.757. The third kappa shape index (κ3) is 4.70. The molecule has 1 atom stereocenters. The third-order valence-electron chi connectivity index (χ3n) is 3.40. The first kappa shape index (κ1) is 17.3. The number of aliphatic hydroxyl groups excluding tert-OH is 2. The molecule has 0 bridgehead atoms. The Morgan fingerprint density at radius 1 is 1.30 bits per heavy atom. The predicted molar refractivity (Wildman–Crippen MR) is 78.0 cm³/mol. The van der Waals surface area contributed by atoms with Gasteiger partial charge >= 0.3 is 6.18 Å². The van der Waals surface area contributed by atoms with Crippen molar-refractivity contribution in [3.63, 3.8) is 0 Å². The van der Waals surface area contributed by atoms with Gasteiger partial charge in [-0.2, -0.15) is 13.2 Å². The average molecular weight is 330 g/mol. The number of carbonyl (C=O) groups is 1. The highest BCUT2D eigenvalue weighted by molar-refractivity contribution is 5.97. The molecule has 0 unspecified atom stereocenters. The minimum Gasteiger partial charge on any atom is -0.394 e. The summed E-state index contributed by atoms with van der Waals surface area (Å²) in [7, 11) is 0. The van der Waals surface area contributed by atoms with Crippen LogP contribution in [0.4, 0.5) is 13.2 Å². The Labute approximate surface area is 130 Å². The maximum Gasteiger partial charge on any atom is 0.390 e. The lowest BCUT2D eigenvalue weighted by Crippen LogP contribution is -2.40. The molecule has 0 radical (unpaired) electrons. The van der Waals surface area contributed by atoms with Gasteiger partial charge in [0.25, 0.3) is 5.91 Å². The SMILES string of the molecule is O=C(c1ccc2cc[nH]c2c1)N(CCC(F)(F)F)C[C@H](O)CO. The predicted octanol–water partition coefficient (Wildman–Crippen LogP) is 1.92. The molecule has 5 nitrogen and oxygen atoms in total. The van der Waals surface area contributed by atoms with Crippen LogP contribution in [0.2, 0.25) is 0 Å². The molecular weight excluding hydrogens is 313 g/mol. The van der Waals surface area contributed by atoms with Crippen LogP contribution in [0.3, 0.4) is 0 Å². The number of hydrogen-bond donors (Lipinski definition) is 3. The van der Waals surface area contributed by atoms with Crippen LogP contribution in [0.25, 0.3) is 10.9 Å². The molecule has 126 valence electrons. The van der Waals surface area contributed by atoms with Gasteiger partial charge in [-0.05, 0) is 23.6 Å². The third-order valence-corrected chi connectivity index (χ3v) is 3.40. The van der Waals surface area contributed by atoms with Crippen LogP contribution in [0.1, 0.15) is 16.8 Å². The molecule has 0 aliphatic heterocycles. The number of rotatable bonds is 6. The number of H-pyrrole nitrogens is 1. The van der Waals surface area contributed by atoms with Crippen LogP contribution in [0.15, 0.2) is 30.5 Å².